The summed E-state index contributed by atoms with van der Waals surface area (Å²) >= 11 is 0. The third-order valence-corrected chi connectivity index (χ3v) is 4.96. The van der Waals surface area contributed by atoms with Crippen LogP contribution in [0.25, 0.3) is 11.3 Å². The molecule has 0 radical (unpaired) electrons. The monoisotopic (exact) mass is 381 g/mol. The Morgan fingerprint density at radius 2 is 1.86 bits per heavy atom. The van der Waals surface area contributed by atoms with Crippen LogP contribution in [0.1, 0.15) is 10.6 Å². The summed E-state index contributed by atoms with van der Waals surface area (Å²) in [6.07, 6.45) is 3.26. The molecule has 146 valence electrons. The minimum atomic E-state index is -0.0595. The fourth-order valence-electron chi connectivity index (χ4n) is 3.29. The van der Waals surface area contributed by atoms with Crippen LogP contribution in [0.5, 0.6) is 5.75 Å². The summed E-state index contributed by atoms with van der Waals surface area (Å²) < 4.78 is 12.8. The fourth-order valence-corrected chi connectivity index (χ4v) is 3.29. The quantitative estimate of drug-likeness (QED) is 0.650. The van der Waals surface area contributed by atoms with Gasteiger partial charge in [0.05, 0.1) is 13.7 Å². The molecule has 0 N–H and O–H groups in total. The predicted octanol–water partition coefficient (Wildman–Crippen LogP) is 2.00. The van der Waals surface area contributed by atoms with Crippen LogP contribution in [0.4, 0.5) is 0 Å². The number of amides is 1. The highest BCUT2D eigenvalue weighted by Crippen LogP contribution is 2.25. The minimum Gasteiger partial charge on any atom is -0.497 e. The molecule has 0 bridgehead atoms. The standard InChI is InChI=1S/C20H23N5O3/c1-27-17-4-2-16(3-5-17)18-6-7-19(28-18)20(26)24-11-8-23(9-12-24)10-13-25-15-21-14-22-25/h2-7,14-15H,8-13H2,1H3. The van der Waals surface area contributed by atoms with E-state index in [1.807, 2.05) is 39.9 Å². The SMILES string of the molecule is COc1ccc(-c2ccc(C(=O)N3CCN(CCn4cncn4)CC3)o2)cc1. The summed E-state index contributed by atoms with van der Waals surface area (Å²) in [6.45, 7) is 4.76. The smallest absolute Gasteiger partial charge is 0.289 e. The Bertz CT molecular complexity index is 896. The zero-order valence-corrected chi connectivity index (χ0v) is 15.8. The van der Waals surface area contributed by atoms with Gasteiger partial charge in [0.25, 0.3) is 5.91 Å². The Morgan fingerprint density at radius 1 is 1.07 bits per heavy atom. The van der Waals surface area contributed by atoms with Gasteiger partial charge in [0.2, 0.25) is 0 Å². The summed E-state index contributed by atoms with van der Waals surface area (Å²) in [4.78, 5) is 20.9. The molecule has 1 amide bonds. The molecule has 3 aromatic rings. The van der Waals surface area contributed by atoms with Crippen molar-refractivity contribution >= 4 is 5.91 Å². The van der Waals surface area contributed by atoms with Crippen LogP contribution in [0.2, 0.25) is 0 Å². The molecule has 28 heavy (non-hydrogen) atoms. The van der Waals surface area contributed by atoms with Crippen LogP contribution >= 0.6 is 0 Å². The second kappa shape index (κ2) is 8.26. The van der Waals surface area contributed by atoms with Crippen molar-refractivity contribution in [3.8, 4) is 17.1 Å². The van der Waals surface area contributed by atoms with Crippen molar-refractivity contribution in [1.82, 2.24) is 24.6 Å². The van der Waals surface area contributed by atoms with E-state index >= 15 is 0 Å². The van der Waals surface area contributed by atoms with Crippen LogP contribution in [0.3, 0.4) is 0 Å². The van der Waals surface area contributed by atoms with Gasteiger partial charge in [-0.05, 0) is 36.4 Å². The van der Waals surface area contributed by atoms with Crippen molar-refractivity contribution < 1.29 is 13.9 Å². The molecule has 0 atom stereocenters. The molecule has 0 unspecified atom stereocenters. The molecule has 0 spiro atoms. The van der Waals surface area contributed by atoms with Gasteiger partial charge in [-0.15, -0.1) is 0 Å². The zero-order valence-electron chi connectivity index (χ0n) is 15.8. The average molecular weight is 381 g/mol. The maximum Gasteiger partial charge on any atom is 0.289 e. The fraction of sp³-hybridized carbons (Fsp3) is 0.350. The van der Waals surface area contributed by atoms with E-state index in [1.165, 1.54) is 0 Å². The number of furan rings is 1. The van der Waals surface area contributed by atoms with E-state index in [1.54, 1.807) is 25.8 Å². The number of aromatic nitrogens is 3. The van der Waals surface area contributed by atoms with Gasteiger partial charge in [0.15, 0.2) is 5.76 Å². The maximum absolute atomic E-state index is 12.8. The van der Waals surface area contributed by atoms with Crippen molar-refractivity contribution in [1.29, 1.82) is 0 Å². The summed E-state index contributed by atoms with van der Waals surface area (Å²) in [5, 5.41) is 4.12. The first-order valence-corrected chi connectivity index (χ1v) is 9.31. The van der Waals surface area contributed by atoms with E-state index in [9.17, 15) is 4.79 Å². The molecule has 1 saturated heterocycles. The van der Waals surface area contributed by atoms with Gasteiger partial charge < -0.3 is 14.1 Å². The summed E-state index contributed by atoms with van der Waals surface area (Å²) in [5.74, 6) is 1.78. The third kappa shape index (κ3) is 4.07. The molecule has 0 aliphatic carbocycles. The lowest BCUT2D eigenvalue weighted by molar-refractivity contribution is 0.0602. The second-order valence-electron chi connectivity index (χ2n) is 6.68. The van der Waals surface area contributed by atoms with Crippen LogP contribution < -0.4 is 4.74 Å². The largest absolute Gasteiger partial charge is 0.497 e. The zero-order chi connectivity index (χ0) is 19.3. The van der Waals surface area contributed by atoms with Crippen molar-refractivity contribution in [2.24, 2.45) is 0 Å². The molecule has 1 aromatic carbocycles. The highest BCUT2D eigenvalue weighted by molar-refractivity contribution is 5.92. The van der Waals surface area contributed by atoms with Crippen LogP contribution in [0, 0.1) is 0 Å². The Balaban J connectivity index is 1.32. The number of piperazine rings is 1. The normalized spacial score (nSPS) is 15.0. The van der Waals surface area contributed by atoms with Gasteiger partial charge in [-0.25, -0.2) is 4.98 Å². The van der Waals surface area contributed by atoms with Gasteiger partial charge in [-0.3, -0.25) is 14.4 Å². The molecule has 8 heteroatoms. The van der Waals surface area contributed by atoms with Gasteiger partial charge in [-0.2, -0.15) is 5.10 Å². The summed E-state index contributed by atoms with van der Waals surface area (Å²) in [5.41, 5.74) is 0.915. The molecule has 8 nitrogen and oxygen atoms in total. The topological polar surface area (TPSA) is 76.6 Å². The molecule has 4 rings (SSSR count). The van der Waals surface area contributed by atoms with Crippen molar-refractivity contribution in [3.05, 3.63) is 54.8 Å². The molecule has 1 aliphatic heterocycles. The van der Waals surface area contributed by atoms with Crippen LogP contribution in [0.15, 0.2) is 53.5 Å². The Labute approximate surface area is 163 Å². The molecule has 0 saturated carbocycles. The van der Waals surface area contributed by atoms with Gasteiger partial charge in [0.1, 0.15) is 24.2 Å². The van der Waals surface area contributed by atoms with E-state index in [0.717, 1.165) is 37.5 Å². The number of carbonyl (C=O) groups is 1. The van der Waals surface area contributed by atoms with Crippen molar-refractivity contribution in [2.45, 2.75) is 6.54 Å². The lowest BCUT2D eigenvalue weighted by Gasteiger charge is -2.34. The first kappa shape index (κ1) is 18.2. The van der Waals surface area contributed by atoms with E-state index in [0.29, 0.717) is 24.6 Å². The maximum atomic E-state index is 12.8. The highest BCUT2D eigenvalue weighted by atomic mass is 16.5. The Kier molecular flexibility index (Phi) is 5.38. The first-order valence-electron chi connectivity index (χ1n) is 9.31. The average Bonchev–Trinajstić information content (AvgIpc) is 3.44. The first-order chi connectivity index (χ1) is 13.7. The van der Waals surface area contributed by atoms with Gasteiger partial charge >= 0.3 is 0 Å². The Morgan fingerprint density at radius 3 is 2.54 bits per heavy atom. The lowest BCUT2D eigenvalue weighted by atomic mass is 10.2. The molecular formula is C20H23N5O3. The number of benzene rings is 1. The highest BCUT2D eigenvalue weighted by Gasteiger charge is 2.24. The number of hydrogen-bond acceptors (Lipinski definition) is 6. The summed E-state index contributed by atoms with van der Waals surface area (Å²) in [7, 11) is 1.63. The van der Waals surface area contributed by atoms with E-state index < -0.39 is 0 Å². The number of hydrogen-bond donors (Lipinski definition) is 0. The van der Waals surface area contributed by atoms with E-state index in [-0.39, 0.29) is 5.91 Å². The number of nitrogens with zero attached hydrogens (tertiary/aromatic N) is 5. The number of ether oxygens (including phenoxy) is 1. The minimum absolute atomic E-state index is 0.0595. The van der Waals surface area contributed by atoms with E-state index in [2.05, 4.69) is 15.0 Å². The molecular weight excluding hydrogens is 358 g/mol. The van der Waals surface area contributed by atoms with Crippen LogP contribution in [-0.4, -0.2) is 70.3 Å². The second-order valence-corrected chi connectivity index (χ2v) is 6.68. The number of rotatable bonds is 6. The van der Waals surface area contributed by atoms with Crippen molar-refractivity contribution in [2.75, 3.05) is 39.8 Å². The van der Waals surface area contributed by atoms with Crippen LogP contribution in [-0.2, 0) is 6.54 Å². The summed E-state index contributed by atoms with van der Waals surface area (Å²) in [6, 6.07) is 11.2. The molecule has 1 aliphatic rings. The number of carbonyl (C=O) groups excluding carboxylic acids is 1. The van der Waals surface area contributed by atoms with Crippen molar-refractivity contribution in [3.63, 3.8) is 0 Å². The van der Waals surface area contributed by atoms with Gasteiger partial charge in [-0.1, -0.05) is 0 Å². The van der Waals surface area contributed by atoms with E-state index in [4.69, 9.17) is 9.15 Å². The Hall–Kier alpha value is -3.13. The molecule has 2 aromatic heterocycles. The third-order valence-electron chi connectivity index (χ3n) is 4.96. The lowest BCUT2D eigenvalue weighted by Crippen LogP contribution is -2.49. The predicted molar refractivity (Wildman–Crippen MR) is 103 cm³/mol. The molecule has 1 fully saturated rings. The van der Waals surface area contributed by atoms with Gasteiger partial charge in [0, 0.05) is 38.3 Å². The number of methoxy groups -OCH3 is 1. The molecule has 3 heterocycles.